The molecule has 0 unspecified atom stereocenters. The lowest BCUT2D eigenvalue weighted by atomic mass is 10.1. The summed E-state index contributed by atoms with van der Waals surface area (Å²) in [6.07, 6.45) is 0. The maximum atomic E-state index is 12.7. The summed E-state index contributed by atoms with van der Waals surface area (Å²) in [5, 5.41) is 0.737. The number of ether oxygens (including phenoxy) is 2. The molecule has 2 heterocycles. The number of benzene rings is 2. The smallest absolute Gasteiger partial charge is 0.342 e. The number of carbonyl (C=O) groups excluding carboxylic acids is 1. The Kier molecular flexibility index (Phi) is 5.95. The molecule has 6 heteroatoms. The number of rotatable bonds is 6. The van der Waals surface area contributed by atoms with Crippen molar-refractivity contribution in [1.82, 2.24) is 4.90 Å². The van der Waals surface area contributed by atoms with Gasteiger partial charge in [-0.05, 0) is 43.7 Å². The molecule has 0 radical (unpaired) electrons. The Bertz CT molecular complexity index is 1030. The zero-order valence-corrected chi connectivity index (χ0v) is 17.8. The summed E-state index contributed by atoms with van der Waals surface area (Å²) in [6, 6.07) is 14.0. The minimum atomic E-state index is -0.349. The molecule has 0 saturated carbocycles. The van der Waals surface area contributed by atoms with Gasteiger partial charge in [-0.25, -0.2) is 4.79 Å². The summed E-state index contributed by atoms with van der Waals surface area (Å²) in [5.41, 5.74) is 3.77. The normalized spacial score (nSPS) is 14.8. The van der Waals surface area contributed by atoms with E-state index in [9.17, 15) is 4.79 Å². The number of aryl methyl sites for hydroxylation is 1. The second-order valence-electron chi connectivity index (χ2n) is 7.53. The van der Waals surface area contributed by atoms with Gasteiger partial charge in [-0.2, -0.15) is 0 Å². The highest BCUT2D eigenvalue weighted by Gasteiger charge is 2.26. The van der Waals surface area contributed by atoms with Gasteiger partial charge in [-0.1, -0.05) is 18.2 Å². The van der Waals surface area contributed by atoms with Crippen LogP contribution in [-0.2, 0) is 11.3 Å². The van der Waals surface area contributed by atoms with Crippen LogP contribution in [0.15, 0.2) is 46.9 Å². The zero-order chi connectivity index (χ0) is 21.1. The van der Waals surface area contributed by atoms with Crippen LogP contribution in [0.4, 0.5) is 5.69 Å². The SMILES string of the molecule is CCOC(=O)c1c(CN2CCN(c3ccccc3C)CC2)oc2ccc(OC)cc12. The van der Waals surface area contributed by atoms with Gasteiger partial charge in [0.05, 0.1) is 20.3 Å². The molecule has 1 aromatic heterocycles. The predicted octanol–water partition coefficient (Wildman–Crippen LogP) is 4.25. The highest BCUT2D eigenvalue weighted by atomic mass is 16.5. The highest BCUT2D eigenvalue weighted by Crippen LogP contribution is 2.31. The van der Waals surface area contributed by atoms with Crippen LogP contribution in [0.3, 0.4) is 0 Å². The van der Waals surface area contributed by atoms with Crippen LogP contribution < -0.4 is 9.64 Å². The van der Waals surface area contributed by atoms with Crippen molar-refractivity contribution in [2.45, 2.75) is 20.4 Å². The van der Waals surface area contributed by atoms with Gasteiger partial charge in [0, 0.05) is 37.3 Å². The average molecular weight is 408 g/mol. The van der Waals surface area contributed by atoms with E-state index in [0.29, 0.717) is 35.8 Å². The van der Waals surface area contributed by atoms with E-state index in [-0.39, 0.29) is 5.97 Å². The van der Waals surface area contributed by atoms with Crippen LogP contribution >= 0.6 is 0 Å². The van der Waals surface area contributed by atoms with Gasteiger partial charge in [0.15, 0.2) is 0 Å². The van der Waals surface area contributed by atoms with E-state index in [0.717, 1.165) is 31.6 Å². The summed E-state index contributed by atoms with van der Waals surface area (Å²) in [5.74, 6) is 0.992. The third-order valence-electron chi connectivity index (χ3n) is 5.64. The number of nitrogens with zero attached hydrogens (tertiary/aromatic N) is 2. The van der Waals surface area contributed by atoms with Gasteiger partial charge in [0.1, 0.15) is 22.7 Å². The topological polar surface area (TPSA) is 55.2 Å². The van der Waals surface area contributed by atoms with Gasteiger partial charge in [0.25, 0.3) is 0 Å². The Hall–Kier alpha value is -2.99. The fourth-order valence-electron chi connectivity index (χ4n) is 4.06. The summed E-state index contributed by atoms with van der Waals surface area (Å²) >= 11 is 0. The second kappa shape index (κ2) is 8.79. The standard InChI is InChI=1S/C24H28N2O4/c1-4-29-24(27)23-19-15-18(28-3)9-10-21(19)30-22(23)16-25-11-13-26(14-12-25)20-8-6-5-7-17(20)2/h5-10,15H,4,11-14,16H2,1-3H3. The molecule has 0 N–H and O–H groups in total. The number of para-hydroxylation sites is 1. The van der Waals surface area contributed by atoms with Crippen molar-refractivity contribution in [3.05, 3.63) is 59.4 Å². The maximum absolute atomic E-state index is 12.7. The molecule has 3 aromatic rings. The first-order chi connectivity index (χ1) is 14.6. The van der Waals surface area contributed by atoms with E-state index in [2.05, 4.69) is 41.0 Å². The Morgan fingerprint density at radius 1 is 1.10 bits per heavy atom. The fourth-order valence-corrected chi connectivity index (χ4v) is 4.06. The molecule has 1 aliphatic rings. The van der Waals surface area contributed by atoms with Crippen molar-refractivity contribution in [2.75, 3.05) is 44.8 Å². The second-order valence-corrected chi connectivity index (χ2v) is 7.53. The first kappa shape index (κ1) is 20.3. The fraction of sp³-hybridized carbons (Fsp3) is 0.375. The first-order valence-electron chi connectivity index (χ1n) is 10.4. The number of fused-ring (bicyclic) bond motifs is 1. The van der Waals surface area contributed by atoms with Crippen molar-refractivity contribution in [2.24, 2.45) is 0 Å². The Labute approximate surface area is 177 Å². The van der Waals surface area contributed by atoms with E-state index < -0.39 is 0 Å². The van der Waals surface area contributed by atoms with Crippen LogP contribution in [0.1, 0.15) is 28.6 Å². The molecule has 0 atom stereocenters. The van der Waals surface area contributed by atoms with Crippen LogP contribution in [0.5, 0.6) is 5.75 Å². The van der Waals surface area contributed by atoms with E-state index >= 15 is 0 Å². The predicted molar refractivity (Wildman–Crippen MR) is 117 cm³/mol. The number of anilines is 1. The molecular formula is C24H28N2O4. The van der Waals surface area contributed by atoms with E-state index in [1.807, 2.05) is 25.1 Å². The largest absolute Gasteiger partial charge is 0.497 e. The van der Waals surface area contributed by atoms with Crippen molar-refractivity contribution in [3.63, 3.8) is 0 Å². The number of hydrogen-bond acceptors (Lipinski definition) is 6. The summed E-state index contributed by atoms with van der Waals surface area (Å²) < 4.78 is 16.7. The Morgan fingerprint density at radius 3 is 2.57 bits per heavy atom. The molecule has 1 fully saturated rings. The summed E-state index contributed by atoms with van der Waals surface area (Å²) in [4.78, 5) is 17.5. The van der Waals surface area contributed by atoms with Crippen LogP contribution in [0, 0.1) is 6.92 Å². The molecular weight excluding hydrogens is 380 g/mol. The molecule has 2 aromatic carbocycles. The Morgan fingerprint density at radius 2 is 1.87 bits per heavy atom. The third-order valence-corrected chi connectivity index (χ3v) is 5.64. The van der Waals surface area contributed by atoms with Crippen molar-refractivity contribution in [3.8, 4) is 5.75 Å². The maximum Gasteiger partial charge on any atom is 0.342 e. The highest BCUT2D eigenvalue weighted by molar-refractivity contribution is 6.05. The lowest BCUT2D eigenvalue weighted by molar-refractivity contribution is 0.0524. The van der Waals surface area contributed by atoms with Crippen LogP contribution in [-0.4, -0.2) is 50.8 Å². The zero-order valence-electron chi connectivity index (χ0n) is 17.8. The number of hydrogen-bond donors (Lipinski definition) is 0. The van der Waals surface area contributed by atoms with Crippen molar-refractivity contribution < 1.29 is 18.7 Å². The van der Waals surface area contributed by atoms with E-state index in [1.165, 1.54) is 11.3 Å². The molecule has 1 aliphatic heterocycles. The lowest BCUT2D eigenvalue weighted by Gasteiger charge is -2.36. The molecule has 30 heavy (non-hydrogen) atoms. The lowest BCUT2D eigenvalue weighted by Crippen LogP contribution is -2.46. The molecule has 158 valence electrons. The first-order valence-corrected chi connectivity index (χ1v) is 10.4. The van der Waals surface area contributed by atoms with Gasteiger partial charge in [0.2, 0.25) is 0 Å². The van der Waals surface area contributed by atoms with Gasteiger partial charge in [-0.3, -0.25) is 4.90 Å². The monoisotopic (exact) mass is 408 g/mol. The van der Waals surface area contributed by atoms with Gasteiger partial charge < -0.3 is 18.8 Å². The van der Waals surface area contributed by atoms with E-state index in [4.69, 9.17) is 13.9 Å². The minimum Gasteiger partial charge on any atom is -0.497 e. The number of piperazine rings is 1. The van der Waals surface area contributed by atoms with E-state index in [1.54, 1.807) is 7.11 Å². The molecule has 0 amide bonds. The molecule has 6 nitrogen and oxygen atoms in total. The summed E-state index contributed by atoms with van der Waals surface area (Å²) in [6.45, 7) is 8.53. The third kappa shape index (κ3) is 4.00. The minimum absolute atomic E-state index is 0.323. The number of furan rings is 1. The number of esters is 1. The number of carbonyl (C=O) groups is 1. The molecule has 0 spiro atoms. The van der Waals surface area contributed by atoms with Crippen molar-refractivity contribution in [1.29, 1.82) is 0 Å². The molecule has 1 saturated heterocycles. The molecule has 4 rings (SSSR count). The molecule has 0 bridgehead atoms. The van der Waals surface area contributed by atoms with Crippen LogP contribution in [0.2, 0.25) is 0 Å². The quantitative estimate of drug-likeness (QED) is 0.569. The van der Waals surface area contributed by atoms with Gasteiger partial charge in [-0.15, -0.1) is 0 Å². The molecule has 0 aliphatic carbocycles. The summed E-state index contributed by atoms with van der Waals surface area (Å²) in [7, 11) is 1.61. The van der Waals surface area contributed by atoms with Crippen molar-refractivity contribution >= 4 is 22.6 Å². The average Bonchev–Trinajstić information content (AvgIpc) is 3.12. The Balaban J connectivity index is 1.54. The number of methoxy groups -OCH3 is 1. The van der Waals surface area contributed by atoms with Gasteiger partial charge >= 0.3 is 5.97 Å². The van der Waals surface area contributed by atoms with Crippen LogP contribution in [0.25, 0.3) is 11.0 Å².